The number of aliphatic carboxylic acids is 1. The van der Waals surface area contributed by atoms with Crippen LogP contribution in [0, 0.1) is 11.7 Å². The van der Waals surface area contributed by atoms with Crippen LogP contribution in [0.15, 0.2) is 24.3 Å². The second-order valence-electron chi connectivity index (χ2n) is 5.01. The number of halogens is 1. The van der Waals surface area contributed by atoms with E-state index in [1.54, 1.807) is 19.1 Å². The fraction of sp³-hybridized carbons (Fsp3) is 0.429. The molecule has 0 bridgehead atoms. The average Bonchev–Trinajstić information content (AvgIpc) is 3.08. The average molecular weight is 265 g/mol. The van der Waals surface area contributed by atoms with Gasteiger partial charge < -0.3 is 10.4 Å². The van der Waals surface area contributed by atoms with Crippen LogP contribution in [0.5, 0.6) is 0 Å². The number of carboxylic acids is 1. The minimum atomic E-state index is -0.932. The first-order valence-corrected chi connectivity index (χ1v) is 6.25. The van der Waals surface area contributed by atoms with Crippen molar-refractivity contribution in [3.8, 4) is 0 Å². The lowest BCUT2D eigenvalue weighted by atomic mass is 10.1. The molecule has 3 atom stereocenters. The molecule has 0 aromatic heterocycles. The number of hydrogen-bond donors (Lipinski definition) is 2. The summed E-state index contributed by atoms with van der Waals surface area (Å²) in [5, 5.41) is 11.3. The van der Waals surface area contributed by atoms with Crippen molar-refractivity contribution in [1.29, 1.82) is 0 Å². The van der Waals surface area contributed by atoms with Gasteiger partial charge in [-0.1, -0.05) is 12.1 Å². The third kappa shape index (κ3) is 3.53. The van der Waals surface area contributed by atoms with E-state index in [2.05, 4.69) is 5.32 Å². The molecule has 1 aliphatic carbocycles. The Labute approximate surface area is 110 Å². The van der Waals surface area contributed by atoms with Crippen LogP contribution in [0.1, 0.15) is 31.2 Å². The fourth-order valence-corrected chi connectivity index (χ4v) is 2.23. The van der Waals surface area contributed by atoms with Gasteiger partial charge in [0.2, 0.25) is 5.91 Å². The molecule has 0 heterocycles. The molecule has 102 valence electrons. The van der Waals surface area contributed by atoms with Crippen LogP contribution in [-0.2, 0) is 9.59 Å². The highest BCUT2D eigenvalue weighted by molar-refractivity contribution is 5.83. The highest BCUT2D eigenvalue weighted by atomic mass is 19.1. The zero-order valence-electron chi connectivity index (χ0n) is 10.6. The Hall–Kier alpha value is -1.91. The second-order valence-corrected chi connectivity index (χ2v) is 5.01. The van der Waals surface area contributed by atoms with Gasteiger partial charge in [0.15, 0.2) is 0 Å². The largest absolute Gasteiger partial charge is 0.481 e. The summed E-state index contributed by atoms with van der Waals surface area (Å²) in [5.74, 6) is -1.35. The van der Waals surface area contributed by atoms with Crippen molar-refractivity contribution < 1.29 is 19.1 Å². The van der Waals surface area contributed by atoms with E-state index in [0.717, 1.165) is 12.0 Å². The predicted molar refractivity (Wildman–Crippen MR) is 67.1 cm³/mol. The molecule has 5 heteroatoms. The van der Waals surface area contributed by atoms with Crippen LogP contribution in [-0.4, -0.2) is 23.0 Å². The number of carbonyl (C=O) groups excluding carboxylic acids is 1. The van der Waals surface area contributed by atoms with Crippen LogP contribution >= 0.6 is 0 Å². The Morgan fingerprint density at radius 1 is 1.42 bits per heavy atom. The van der Waals surface area contributed by atoms with Gasteiger partial charge in [0, 0.05) is 12.0 Å². The third-order valence-corrected chi connectivity index (χ3v) is 3.29. The predicted octanol–water partition coefficient (Wildman–Crippen LogP) is 1.91. The van der Waals surface area contributed by atoms with Crippen LogP contribution in [0.2, 0.25) is 0 Å². The Morgan fingerprint density at radius 2 is 2.05 bits per heavy atom. The summed E-state index contributed by atoms with van der Waals surface area (Å²) in [4.78, 5) is 22.4. The summed E-state index contributed by atoms with van der Waals surface area (Å²) in [6, 6.07) is 5.77. The molecule has 3 unspecified atom stereocenters. The van der Waals surface area contributed by atoms with Gasteiger partial charge in [0.05, 0.1) is 6.42 Å². The summed E-state index contributed by atoms with van der Waals surface area (Å²) in [7, 11) is 0. The van der Waals surface area contributed by atoms with Crippen molar-refractivity contribution in [2.75, 3.05) is 0 Å². The van der Waals surface area contributed by atoms with Gasteiger partial charge in [-0.15, -0.1) is 0 Å². The second kappa shape index (κ2) is 5.38. The molecule has 1 amide bonds. The van der Waals surface area contributed by atoms with Crippen molar-refractivity contribution in [2.45, 2.75) is 31.7 Å². The summed E-state index contributed by atoms with van der Waals surface area (Å²) in [6.07, 6.45) is 0.650. The molecule has 2 rings (SSSR count). The van der Waals surface area contributed by atoms with E-state index in [1.165, 1.54) is 12.1 Å². The number of carboxylic acid groups (broad SMARTS) is 1. The SMILES string of the molecule is CC(CC(=O)O)NC(=O)C1CC1c1ccc(F)cc1. The number of benzene rings is 1. The van der Waals surface area contributed by atoms with Gasteiger partial charge in [-0.3, -0.25) is 9.59 Å². The molecular weight excluding hydrogens is 249 g/mol. The maximum atomic E-state index is 12.8. The van der Waals surface area contributed by atoms with Crippen molar-refractivity contribution in [3.63, 3.8) is 0 Å². The third-order valence-electron chi connectivity index (χ3n) is 3.29. The van der Waals surface area contributed by atoms with E-state index >= 15 is 0 Å². The molecule has 4 nitrogen and oxygen atoms in total. The highest BCUT2D eigenvalue weighted by Crippen LogP contribution is 2.47. The quantitative estimate of drug-likeness (QED) is 0.854. The molecule has 1 saturated carbocycles. The molecule has 2 N–H and O–H groups in total. The van der Waals surface area contributed by atoms with E-state index in [0.29, 0.717) is 0 Å². The van der Waals surface area contributed by atoms with E-state index in [1.807, 2.05) is 0 Å². The zero-order chi connectivity index (χ0) is 14.0. The summed E-state index contributed by atoms with van der Waals surface area (Å²) < 4.78 is 12.8. The van der Waals surface area contributed by atoms with Crippen molar-refractivity contribution >= 4 is 11.9 Å². The number of rotatable bonds is 5. The maximum Gasteiger partial charge on any atom is 0.305 e. The van der Waals surface area contributed by atoms with Crippen molar-refractivity contribution in [1.82, 2.24) is 5.32 Å². The molecule has 1 aromatic carbocycles. The van der Waals surface area contributed by atoms with Gasteiger partial charge in [0.1, 0.15) is 5.82 Å². The molecular formula is C14H16FNO3. The van der Waals surface area contributed by atoms with Gasteiger partial charge >= 0.3 is 5.97 Å². The number of carbonyl (C=O) groups is 2. The summed E-state index contributed by atoms with van der Waals surface area (Å²) in [6.45, 7) is 1.67. The van der Waals surface area contributed by atoms with E-state index in [4.69, 9.17) is 5.11 Å². The minimum Gasteiger partial charge on any atom is -0.481 e. The monoisotopic (exact) mass is 265 g/mol. The van der Waals surface area contributed by atoms with Gasteiger partial charge in [-0.05, 0) is 37.0 Å². The van der Waals surface area contributed by atoms with Crippen molar-refractivity contribution in [2.24, 2.45) is 5.92 Å². The fourth-order valence-electron chi connectivity index (χ4n) is 2.23. The maximum absolute atomic E-state index is 12.8. The van der Waals surface area contributed by atoms with Gasteiger partial charge in [-0.2, -0.15) is 0 Å². The van der Waals surface area contributed by atoms with Crippen LogP contribution in [0.4, 0.5) is 4.39 Å². The first kappa shape index (κ1) is 13.5. The van der Waals surface area contributed by atoms with Gasteiger partial charge in [-0.25, -0.2) is 4.39 Å². The van der Waals surface area contributed by atoms with E-state index in [-0.39, 0.29) is 36.0 Å². The molecule has 1 aliphatic rings. The Bertz CT molecular complexity index is 486. The highest BCUT2D eigenvalue weighted by Gasteiger charge is 2.44. The van der Waals surface area contributed by atoms with Gasteiger partial charge in [0.25, 0.3) is 0 Å². The Balaban J connectivity index is 1.86. The van der Waals surface area contributed by atoms with Crippen LogP contribution in [0.3, 0.4) is 0 Å². The number of hydrogen-bond acceptors (Lipinski definition) is 2. The molecule has 1 aromatic rings. The number of amides is 1. The molecule has 0 aliphatic heterocycles. The van der Waals surface area contributed by atoms with E-state index in [9.17, 15) is 14.0 Å². The molecule has 0 radical (unpaired) electrons. The Morgan fingerprint density at radius 3 is 2.63 bits per heavy atom. The zero-order valence-corrected chi connectivity index (χ0v) is 10.6. The van der Waals surface area contributed by atoms with Crippen LogP contribution < -0.4 is 5.32 Å². The molecule has 0 saturated heterocycles. The summed E-state index contributed by atoms with van der Waals surface area (Å²) >= 11 is 0. The lowest BCUT2D eigenvalue weighted by molar-refractivity contribution is -0.137. The van der Waals surface area contributed by atoms with Crippen molar-refractivity contribution in [3.05, 3.63) is 35.6 Å². The lowest BCUT2D eigenvalue weighted by Crippen LogP contribution is -2.35. The smallest absolute Gasteiger partial charge is 0.305 e. The molecule has 0 spiro atoms. The minimum absolute atomic E-state index is 0.0837. The topological polar surface area (TPSA) is 66.4 Å². The number of nitrogens with one attached hydrogen (secondary N) is 1. The first-order valence-electron chi connectivity index (χ1n) is 6.25. The Kier molecular flexibility index (Phi) is 3.83. The molecule has 19 heavy (non-hydrogen) atoms. The lowest BCUT2D eigenvalue weighted by Gasteiger charge is -2.11. The van der Waals surface area contributed by atoms with E-state index < -0.39 is 5.97 Å². The summed E-state index contributed by atoms with van der Waals surface area (Å²) in [5.41, 5.74) is 0.951. The normalized spacial score (nSPS) is 22.6. The molecule has 1 fully saturated rings. The standard InChI is InChI=1S/C14H16FNO3/c1-8(6-13(17)18)16-14(19)12-7-11(12)9-2-4-10(15)5-3-9/h2-5,8,11-12H,6-7H2,1H3,(H,16,19)(H,17,18). The van der Waals surface area contributed by atoms with Crippen LogP contribution in [0.25, 0.3) is 0 Å². The first-order chi connectivity index (χ1) is 8.97.